The number of hydrogen-bond acceptors (Lipinski definition) is 3. The Kier molecular flexibility index (Phi) is 8.27. The summed E-state index contributed by atoms with van der Waals surface area (Å²) < 4.78 is 11.4. The van der Waals surface area contributed by atoms with Crippen molar-refractivity contribution in [3.8, 4) is 0 Å². The van der Waals surface area contributed by atoms with Gasteiger partial charge in [0.15, 0.2) is 0 Å². The lowest BCUT2D eigenvalue weighted by atomic mass is 10.1. The van der Waals surface area contributed by atoms with Crippen LogP contribution < -0.4 is 5.32 Å². The second-order valence-electron chi connectivity index (χ2n) is 6.16. The molecular formula is C17H28ClNO2. The standard InChI is InChI=1S/C17H28ClNO2/c1-5-9-20-10-11-21-16(13-19-17(2,3)4)14-7-6-8-15(18)12-14/h6-8,12,16,19H,5,9-11,13H2,1-4H3. The summed E-state index contributed by atoms with van der Waals surface area (Å²) in [5, 5.41) is 4.22. The molecule has 4 heteroatoms. The van der Waals surface area contributed by atoms with E-state index < -0.39 is 0 Å². The highest BCUT2D eigenvalue weighted by Crippen LogP contribution is 2.21. The second kappa shape index (κ2) is 9.42. The Balaban J connectivity index is 2.57. The Labute approximate surface area is 134 Å². The lowest BCUT2D eigenvalue weighted by Gasteiger charge is -2.26. The highest BCUT2D eigenvalue weighted by Gasteiger charge is 2.16. The van der Waals surface area contributed by atoms with E-state index in [0.29, 0.717) is 13.2 Å². The van der Waals surface area contributed by atoms with Gasteiger partial charge in [-0.2, -0.15) is 0 Å². The van der Waals surface area contributed by atoms with Crippen molar-refractivity contribution in [2.24, 2.45) is 0 Å². The van der Waals surface area contributed by atoms with Crippen molar-refractivity contribution in [3.63, 3.8) is 0 Å². The molecule has 21 heavy (non-hydrogen) atoms. The minimum Gasteiger partial charge on any atom is -0.379 e. The van der Waals surface area contributed by atoms with Crippen LogP contribution in [0.25, 0.3) is 0 Å². The fourth-order valence-electron chi connectivity index (χ4n) is 1.87. The van der Waals surface area contributed by atoms with Crippen LogP contribution in [-0.4, -0.2) is 31.9 Å². The van der Waals surface area contributed by atoms with Gasteiger partial charge < -0.3 is 14.8 Å². The summed E-state index contributed by atoms with van der Waals surface area (Å²) in [4.78, 5) is 0. The maximum Gasteiger partial charge on any atom is 0.0951 e. The van der Waals surface area contributed by atoms with Gasteiger partial charge in [0, 0.05) is 23.7 Å². The highest BCUT2D eigenvalue weighted by atomic mass is 35.5. The zero-order valence-corrected chi connectivity index (χ0v) is 14.4. The molecule has 0 aliphatic heterocycles. The molecule has 3 nitrogen and oxygen atoms in total. The third kappa shape index (κ3) is 8.42. The van der Waals surface area contributed by atoms with E-state index in [4.69, 9.17) is 21.1 Å². The Morgan fingerprint density at radius 1 is 1.19 bits per heavy atom. The smallest absolute Gasteiger partial charge is 0.0951 e. The van der Waals surface area contributed by atoms with Crippen LogP contribution in [0, 0.1) is 0 Å². The number of halogens is 1. The van der Waals surface area contributed by atoms with Gasteiger partial charge in [0.1, 0.15) is 0 Å². The van der Waals surface area contributed by atoms with E-state index in [1.54, 1.807) is 0 Å². The topological polar surface area (TPSA) is 30.5 Å². The molecule has 0 saturated heterocycles. The lowest BCUT2D eigenvalue weighted by Crippen LogP contribution is -2.39. The van der Waals surface area contributed by atoms with Gasteiger partial charge in [-0.1, -0.05) is 30.7 Å². The first-order valence-corrected chi connectivity index (χ1v) is 8.00. The molecule has 1 atom stereocenters. The first-order valence-electron chi connectivity index (χ1n) is 7.62. The molecule has 0 bridgehead atoms. The van der Waals surface area contributed by atoms with Crippen LogP contribution in [0.5, 0.6) is 0 Å². The molecule has 1 aromatic carbocycles. The second-order valence-corrected chi connectivity index (χ2v) is 6.59. The number of rotatable bonds is 9. The van der Waals surface area contributed by atoms with Crippen molar-refractivity contribution in [1.82, 2.24) is 5.32 Å². The van der Waals surface area contributed by atoms with Gasteiger partial charge in [-0.05, 0) is 44.9 Å². The van der Waals surface area contributed by atoms with Crippen molar-refractivity contribution in [3.05, 3.63) is 34.9 Å². The van der Waals surface area contributed by atoms with E-state index in [1.807, 2.05) is 24.3 Å². The molecule has 0 spiro atoms. The molecule has 120 valence electrons. The molecule has 0 saturated carbocycles. The Bertz CT molecular complexity index is 404. The van der Waals surface area contributed by atoms with E-state index in [9.17, 15) is 0 Å². The van der Waals surface area contributed by atoms with Crippen molar-refractivity contribution < 1.29 is 9.47 Å². The predicted molar refractivity (Wildman–Crippen MR) is 89.0 cm³/mol. The first-order chi connectivity index (χ1) is 9.92. The van der Waals surface area contributed by atoms with Crippen LogP contribution >= 0.6 is 11.6 Å². The van der Waals surface area contributed by atoms with Crippen LogP contribution in [0.4, 0.5) is 0 Å². The summed E-state index contributed by atoms with van der Waals surface area (Å²) in [6, 6.07) is 7.85. The van der Waals surface area contributed by atoms with Gasteiger partial charge in [0.2, 0.25) is 0 Å². The summed E-state index contributed by atoms with van der Waals surface area (Å²) in [5.74, 6) is 0. The van der Waals surface area contributed by atoms with Gasteiger partial charge in [-0.25, -0.2) is 0 Å². The normalized spacial score (nSPS) is 13.4. The minimum absolute atomic E-state index is 0.0202. The molecule has 0 radical (unpaired) electrons. The van der Waals surface area contributed by atoms with Gasteiger partial charge >= 0.3 is 0 Å². The molecule has 1 rings (SSSR count). The summed E-state index contributed by atoms with van der Waals surface area (Å²) in [7, 11) is 0. The van der Waals surface area contributed by atoms with Gasteiger partial charge in [-0.15, -0.1) is 0 Å². The van der Waals surface area contributed by atoms with Crippen LogP contribution in [0.15, 0.2) is 24.3 Å². The van der Waals surface area contributed by atoms with E-state index in [-0.39, 0.29) is 11.6 Å². The predicted octanol–water partition coefficient (Wildman–Crippen LogP) is 4.21. The van der Waals surface area contributed by atoms with Crippen LogP contribution in [0.1, 0.15) is 45.8 Å². The number of nitrogens with one attached hydrogen (secondary N) is 1. The van der Waals surface area contributed by atoms with Gasteiger partial charge in [-0.3, -0.25) is 0 Å². The Hall–Kier alpha value is -0.610. The monoisotopic (exact) mass is 313 g/mol. The number of hydrogen-bond donors (Lipinski definition) is 1. The molecular weight excluding hydrogens is 286 g/mol. The third-order valence-electron chi connectivity index (χ3n) is 2.93. The fourth-order valence-corrected chi connectivity index (χ4v) is 2.07. The molecule has 0 amide bonds. The number of benzene rings is 1. The van der Waals surface area contributed by atoms with E-state index >= 15 is 0 Å². The minimum atomic E-state index is -0.0202. The van der Waals surface area contributed by atoms with E-state index in [0.717, 1.165) is 30.2 Å². The molecule has 1 unspecified atom stereocenters. The van der Waals surface area contributed by atoms with Crippen molar-refractivity contribution >= 4 is 11.6 Å². The van der Waals surface area contributed by atoms with Crippen molar-refractivity contribution in [2.45, 2.75) is 45.8 Å². The zero-order valence-electron chi connectivity index (χ0n) is 13.6. The van der Waals surface area contributed by atoms with E-state index in [2.05, 4.69) is 33.0 Å². The average Bonchev–Trinajstić information content (AvgIpc) is 2.40. The van der Waals surface area contributed by atoms with E-state index in [1.165, 1.54) is 0 Å². The molecule has 1 N–H and O–H groups in total. The molecule has 0 aliphatic carbocycles. The number of ether oxygens (including phenoxy) is 2. The van der Waals surface area contributed by atoms with Crippen LogP contribution in [0.3, 0.4) is 0 Å². The maximum absolute atomic E-state index is 6.08. The summed E-state index contributed by atoms with van der Waals surface area (Å²) in [5.41, 5.74) is 1.15. The van der Waals surface area contributed by atoms with Crippen LogP contribution in [-0.2, 0) is 9.47 Å². The molecule has 1 aromatic rings. The summed E-state index contributed by atoms with van der Waals surface area (Å²) in [6.07, 6.45) is 1.01. The van der Waals surface area contributed by atoms with Gasteiger partial charge in [0.25, 0.3) is 0 Å². The third-order valence-corrected chi connectivity index (χ3v) is 3.17. The average molecular weight is 314 g/mol. The van der Waals surface area contributed by atoms with Gasteiger partial charge in [0.05, 0.1) is 19.3 Å². The molecule has 0 aromatic heterocycles. The first kappa shape index (κ1) is 18.4. The summed E-state index contributed by atoms with van der Waals surface area (Å²) in [6.45, 7) is 11.3. The Morgan fingerprint density at radius 2 is 1.95 bits per heavy atom. The SMILES string of the molecule is CCCOCCOC(CNC(C)(C)C)c1cccc(Cl)c1. The van der Waals surface area contributed by atoms with Crippen LogP contribution in [0.2, 0.25) is 5.02 Å². The lowest BCUT2D eigenvalue weighted by molar-refractivity contribution is 0.00209. The molecule has 0 heterocycles. The quantitative estimate of drug-likeness (QED) is 0.693. The molecule has 0 fully saturated rings. The van der Waals surface area contributed by atoms with Crippen molar-refractivity contribution in [1.29, 1.82) is 0 Å². The summed E-state index contributed by atoms with van der Waals surface area (Å²) >= 11 is 6.08. The Morgan fingerprint density at radius 3 is 2.57 bits per heavy atom. The largest absolute Gasteiger partial charge is 0.379 e. The zero-order chi connectivity index (χ0) is 15.7. The maximum atomic E-state index is 6.08. The molecule has 0 aliphatic rings. The van der Waals surface area contributed by atoms with Crippen molar-refractivity contribution in [2.75, 3.05) is 26.4 Å². The fraction of sp³-hybridized carbons (Fsp3) is 0.647. The highest BCUT2D eigenvalue weighted by molar-refractivity contribution is 6.30.